The van der Waals surface area contributed by atoms with E-state index in [1.807, 2.05) is 0 Å². The molecule has 1 nitrogen and oxygen atoms in total. The second-order valence-corrected chi connectivity index (χ2v) is 7.05. The number of benzene rings is 1. The monoisotopic (exact) mass is 323 g/mol. The van der Waals surface area contributed by atoms with Crippen LogP contribution in [0, 0.1) is 25.7 Å². The van der Waals surface area contributed by atoms with Gasteiger partial charge >= 0.3 is 0 Å². The SMILES string of the molecule is CNC(c1cc(C)c(Br)c(C)c1)C1CCC(C)CC1. The van der Waals surface area contributed by atoms with E-state index in [4.69, 9.17) is 0 Å². The minimum atomic E-state index is 0.512. The lowest BCUT2D eigenvalue weighted by Gasteiger charge is -2.33. The standard InChI is InChI=1S/C17H26BrN/c1-11-5-7-14(8-6-11)17(19-4)15-9-12(2)16(18)13(3)10-15/h9-11,14,17,19H,5-8H2,1-4H3. The van der Waals surface area contributed by atoms with Crippen LogP contribution in [0.5, 0.6) is 0 Å². The van der Waals surface area contributed by atoms with Gasteiger partial charge in [-0.1, -0.05) is 47.8 Å². The summed E-state index contributed by atoms with van der Waals surface area (Å²) in [7, 11) is 2.11. The van der Waals surface area contributed by atoms with E-state index in [1.54, 1.807) is 0 Å². The predicted octanol–water partition coefficient (Wildman–Crippen LogP) is 5.15. The molecule has 1 N–H and O–H groups in total. The van der Waals surface area contributed by atoms with Crippen LogP contribution >= 0.6 is 15.9 Å². The summed E-state index contributed by atoms with van der Waals surface area (Å²) in [4.78, 5) is 0. The van der Waals surface area contributed by atoms with E-state index in [1.165, 1.54) is 46.8 Å². The highest BCUT2D eigenvalue weighted by Gasteiger charge is 2.26. The van der Waals surface area contributed by atoms with Gasteiger partial charge in [0.05, 0.1) is 0 Å². The van der Waals surface area contributed by atoms with Crippen molar-refractivity contribution in [3.63, 3.8) is 0 Å². The van der Waals surface area contributed by atoms with Gasteiger partial charge in [-0.3, -0.25) is 0 Å². The molecule has 0 aliphatic heterocycles. The zero-order valence-electron chi connectivity index (χ0n) is 12.6. The molecule has 1 aromatic rings. The first-order chi connectivity index (χ1) is 9.02. The van der Waals surface area contributed by atoms with Gasteiger partial charge < -0.3 is 5.32 Å². The Morgan fingerprint density at radius 3 is 2.11 bits per heavy atom. The maximum Gasteiger partial charge on any atom is 0.0346 e. The molecule has 1 fully saturated rings. The Hall–Kier alpha value is -0.340. The van der Waals surface area contributed by atoms with E-state index < -0.39 is 0 Å². The number of hydrogen-bond donors (Lipinski definition) is 1. The molecule has 2 heteroatoms. The summed E-state index contributed by atoms with van der Waals surface area (Å²) >= 11 is 3.67. The molecule has 0 saturated heterocycles. The van der Waals surface area contributed by atoms with Crippen LogP contribution in [0.15, 0.2) is 16.6 Å². The van der Waals surface area contributed by atoms with Crippen LogP contribution in [0.1, 0.15) is 55.3 Å². The van der Waals surface area contributed by atoms with Crippen molar-refractivity contribution in [1.82, 2.24) is 5.32 Å². The Bertz CT molecular complexity index is 410. The Morgan fingerprint density at radius 2 is 1.63 bits per heavy atom. The van der Waals surface area contributed by atoms with Gasteiger partial charge in [0.2, 0.25) is 0 Å². The summed E-state index contributed by atoms with van der Waals surface area (Å²) in [5.74, 6) is 1.71. The summed E-state index contributed by atoms with van der Waals surface area (Å²) in [6.07, 6.45) is 5.50. The molecule has 0 aromatic heterocycles. The van der Waals surface area contributed by atoms with Crippen LogP contribution in [0.25, 0.3) is 0 Å². The first kappa shape index (κ1) is 15.1. The third-order valence-electron chi connectivity index (χ3n) is 4.66. The lowest BCUT2D eigenvalue weighted by molar-refractivity contribution is 0.238. The maximum absolute atomic E-state index is 3.67. The van der Waals surface area contributed by atoms with Crippen molar-refractivity contribution >= 4 is 15.9 Å². The van der Waals surface area contributed by atoms with Crippen molar-refractivity contribution in [3.05, 3.63) is 33.3 Å². The minimum absolute atomic E-state index is 0.512. The largest absolute Gasteiger partial charge is 0.313 e. The number of hydrogen-bond acceptors (Lipinski definition) is 1. The molecule has 19 heavy (non-hydrogen) atoms. The number of halogens is 1. The van der Waals surface area contributed by atoms with Crippen LogP contribution in [0.4, 0.5) is 0 Å². The molecule has 0 radical (unpaired) electrons. The minimum Gasteiger partial charge on any atom is -0.313 e. The summed E-state index contributed by atoms with van der Waals surface area (Å²) < 4.78 is 1.25. The average Bonchev–Trinajstić information content (AvgIpc) is 2.39. The fraction of sp³-hybridized carbons (Fsp3) is 0.647. The number of rotatable bonds is 3. The quantitative estimate of drug-likeness (QED) is 0.810. The second kappa shape index (κ2) is 6.41. The van der Waals surface area contributed by atoms with Gasteiger partial charge in [-0.2, -0.15) is 0 Å². The molecule has 1 aliphatic carbocycles. The van der Waals surface area contributed by atoms with Crippen LogP contribution in [-0.4, -0.2) is 7.05 Å². The molecule has 0 bridgehead atoms. The summed E-state index contributed by atoms with van der Waals surface area (Å²) in [6.45, 7) is 6.77. The van der Waals surface area contributed by atoms with Crippen LogP contribution < -0.4 is 5.32 Å². The second-order valence-electron chi connectivity index (χ2n) is 6.25. The number of aryl methyl sites for hydroxylation is 2. The fourth-order valence-electron chi connectivity index (χ4n) is 3.45. The van der Waals surface area contributed by atoms with Crippen molar-refractivity contribution in [2.24, 2.45) is 11.8 Å². The van der Waals surface area contributed by atoms with Gasteiger partial charge in [-0.05, 0) is 62.3 Å². The summed E-state index contributed by atoms with van der Waals surface area (Å²) in [5, 5.41) is 3.56. The predicted molar refractivity (Wildman–Crippen MR) is 86.5 cm³/mol. The third-order valence-corrected chi connectivity index (χ3v) is 5.91. The van der Waals surface area contributed by atoms with Gasteiger partial charge in [0.15, 0.2) is 0 Å². The van der Waals surface area contributed by atoms with Crippen molar-refractivity contribution in [2.45, 2.75) is 52.5 Å². The van der Waals surface area contributed by atoms with E-state index in [-0.39, 0.29) is 0 Å². The molecular weight excluding hydrogens is 298 g/mol. The van der Waals surface area contributed by atoms with Gasteiger partial charge in [0, 0.05) is 10.5 Å². The molecular formula is C17H26BrN. The molecule has 1 saturated carbocycles. The molecule has 1 aromatic carbocycles. The van der Waals surface area contributed by atoms with Gasteiger partial charge in [-0.25, -0.2) is 0 Å². The van der Waals surface area contributed by atoms with Crippen LogP contribution in [0.3, 0.4) is 0 Å². The molecule has 0 amide bonds. The molecule has 0 spiro atoms. The Kier molecular flexibility index (Phi) is 5.08. The lowest BCUT2D eigenvalue weighted by atomic mass is 9.77. The first-order valence-electron chi connectivity index (χ1n) is 7.46. The molecule has 2 rings (SSSR count). The Labute approximate surface area is 126 Å². The highest BCUT2D eigenvalue weighted by atomic mass is 79.9. The van der Waals surface area contributed by atoms with Crippen molar-refractivity contribution in [1.29, 1.82) is 0 Å². The smallest absolute Gasteiger partial charge is 0.0346 e. The van der Waals surface area contributed by atoms with E-state index in [0.717, 1.165) is 11.8 Å². The Balaban J connectivity index is 2.22. The average molecular weight is 324 g/mol. The zero-order chi connectivity index (χ0) is 14.0. The normalized spacial score (nSPS) is 25.3. The lowest BCUT2D eigenvalue weighted by Crippen LogP contribution is -2.28. The van der Waals surface area contributed by atoms with E-state index in [9.17, 15) is 0 Å². The van der Waals surface area contributed by atoms with E-state index >= 15 is 0 Å². The van der Waals surface area contributed by atoms with Gasteiger partial charge in [-0.15, -0.1) is 0 Å². The van der Waals surface area contributed by atoms with Crippen molar-refractivity contribution in [3.8, 4) is 0 Å². The van der Waals surface area contributed by atoms with Crippen molar-refractivity contribution < 1.29 is 0 Å². The van der Waals surface area contributed by atoms with Crippen LogP contribution in [-0.2, 0) is 0 Å². The fourth-order valence-corrected chi connectivity index (χ4v) is 3.68. The molecule has 1 aliphatic rings. The highest BCUT2D eigenvalue weighted by Crippen LogP contribution is 2.37. The maximum atomic E-state index is 3.67. The van der Waals surface area contributed by atoms with Crippen LogP contribution in [0.2, 0.25) is 0 Å². The molecule has 1 atom stereocenters. The highest BCUT2D eigenvalue weighted by molar-refractivity contribution is 9.10. The summed E-state index contributed by atoms with van der Waals surface area (Å²) in [5.41, 5.74) is 4.15. The number of nitrogens with one attached hydrogen (secondary N) is 1. The summed E-state index contributed by atoms with van der Waals surface area (Å²) in [6, 6.07) is 5.20. The van der Waals surface area contributed by atoms with Gasteiger partial charge in [0.1, 0.15) is 0 Å². The molecule has 0 heterocycles. The topological polar surface area (TPSA) is 12.0 Å². The molecule has 1 unspecified atom stereocenters. The van der Waals surface area contributed by atoms with Crippen molar-refractivity contribution in [2.75, 3.05) is 7.05 Å². The zero-order valence-corrected chi connectivity index (χ0v) is 14.2. The first-order valence-corrected chi connectivity index (χ1v) is 8.26. The van der Waals surface area contributed by atoms with E-state index in [2.05, 4.69) is 61.2 Å². The van der Waals surface area contributed by atoms with E-state index in [0.29, 0.717) is 6.04 Å². The third kappa shape index (κ3) is 3.41. The van der Waals surface area contributed by atoms with Gasteiger partial charge in [0.25, 0.3) is 0 Å². The Morgan fingerprint density at radius 1 is 1.11 bits per heavy atom. The molecule has 106 valence electrons.